The molecule has 1 aromatic carbocycles. The molecule has 0 spiro atoms. The molecule has 29 heteroatoms. The second kappa shape index (κ2) is 22.9. The number of hydrogen-bond donors (Lipinski definition) is 6. The highest BCUT2D eigenvalue weighted by Gasteiger charge is 2.53. The van der Waals surface area contributed by atoms with Crippen LogP contribution in [0.5, 0.6) is 0 Å². The van der Waals surface area contributed by atoms with E-state index in [0.29, 0.717) is 5.19 Å². The quantitative estimate of drug-likeness (QED) is 0.0825. The van der Waals surface area contributed by atoms with Crippen LogP contribution in [0.2, 0.25) is 52.4 Å². The highest BCUT2D eigenvalue weighted by Crippen LogP contribution is 2.21. The van der Waals surface area contributed by atoms with Gasteiger partial charge in [-0.3, -0.25) is 0 Å². The zero-order valence-corrected chi connectivity index (χ0v) is 42.6. The lowest BCUT2D eigenvalue weighted by Gasteiger charge is -2.34. The standard InChI is InChI=1S/C11H22O7Si3.C7H20O6Si3.C6H20O7Si3/c1-14-20(12,11-9-7-6-8-10-11)17-19(4,5)18-21(13,15-2)16-3;1-7-15(6,8)12-14(4,5)13-16(9,10-2)11-3;1-9-15(6,7)12-14(4,5)13-16(8,10-2)11-3/h6-10,12-13H,1-5H3;7-9H,1H2,2-6H3;7-8H,1-6H3. The molecular formula is C24H62O20Si9. The van der Waals surface area contributed by atoms with Crippen molar-refractivity contribution >= 4 is 84.2 Å². The summed E-state index contributed by atoms with van der Waals surface area (Å²) < 4.78 is 71.7. The van der Waals surface area contributed by atoms with Crippen molar-refractivity contribution in [2.24, 2.45) is 0 Å². The van der Waals surface area contributed by atoms with Crippen molar-refractivity contribution in [1.29, 1.82) is 0 Å². The first-order chi connectivity index (χ1) is 23.9. The number of hydrogen-bond acceptors (Lipinski definition) is 20. The van der Waals surface area contributed by atoms with E-state index in [1.165, 1.54) is 69.1 Å². The molecule has 0 aliphatic rings. The van der Waals surface area contributed by atoms with Gasteiger partial charge in [-0.15, -0.1) is 6.58 Å². The van der Waals surface area contributed by atoms with Gasteiger partial charge in [-0.1, -0.05) is 36.0 Å². The monoisotopic (exact) mass is 922 g/mol. The smallest absolute Gasteiger partial charge is 0.412 e. The summed E-state index contributed by atoms with van der Waals surface area (Å²) in [6.45, 7) is 16.6. The lowest BCUT2D eigenvalue weighted by atomic mass is 10.4. The molecule has 1 aromatic rings. The van der Waals surface area contributed by atoms with E-state index in [-0.39, 0.29) is 0 Å². The lowest BCUT2D eigenvalue weighted by Crippen LogP contribution is -2.63. The predicted octanol–water partition coefficient (Wildman–Crippen LogP) is -0.192. The van der Waals surface area contributed by atoms with Gasteiger partial charge in [-0.05, 0) is 45.8 Å². The highest BCUT2D eigenvalue weighted by atomic mass is 28.5. The van der Waals surface area contributed by atoms with Crippen LogP contribution in [0.4, 0.5) is 0 Å². The Labute approximate surface area is 323 Å². The maximum atomic E-state index is 10.7. The summed E-state index contributed by atoms with van der Waals surface area (Å²) in [5, 5.41) is 0.553. The van der Waals surface area contributed by atoms with Crippen LogP contribution in [-0.2, 0) is 60.1 Å². The normalized spacial score (nSPS) is 16.6. The summed E-state index contributed by atoms with van der Waals surface area (Å²) >= 11 is 0. The van der Waals surface area contributed by atoms with Crippen LogP contribution in [0.15, 0.2) is 42.6 Å². The first-order valence-corrected chi connectivity index (χ1v) is 35.5. The molecule has 1 rings (SSSR count). The fourth-order valence-electron chi connectivity index (χ4n) is 3.73. The first kappa shape index (κ1) is 55.2. The van der Waals surface area contributed by atoms with E-state index in [2.05, 4.69) is 6.58 Å². The van der Waals surface area contributed by atoms with Gasteiger partial charge in [0.15, 0.2) is 0 Å². The van der Waals surface area contributed by atoms with Gasteiger partial charge in [0.05, 0.1) is 0 Å². The summed E-state index contributed by atoms with van der Waals surface area (Å²) in [7, 11) is -18.8. The Morgan fingerprint density at radius 1 is 0.434 bits per heavy atom. The van der Waals surface area contributed by atoms with Gasteiger partial charge in [-0.25, -0.2) is 0 Å². The molecule has 6 N–H and O–H groups in total. The zero-order valence-electron chi connectivity index (χ0n) is 33.6. The second-order valence-electron chi connectivity index (χ2n) is 12.1. The second-order valence-corrected chi connectivity index (χ2v) is 37.9. The van der Waals surface area contributed by atoms with E-state index in [1.54, 1.807) is 70.1 Å². The van der Waals surface area contributed by atoms with Gasteiger partial charge in [0.1, 0.15) is 0 Å². The molecule has 0 aliphatic heterocycles. The molecule has 0 amide bonds. The number of rotatable bonds is 22. The van der Waals surface area contributed by atoms with E-state index < -0.39 is 79.0 Å². The Morgan fingerprint density at radius 3 is 1.04 bits per heavy atom. The van der Waals surface area contributed by atoms with Crippen LogP contribution < -0.4 is 5.19 Å². The Kier molecular flexibility index (Phi) is 23.8. The van der Waals surface area contributed by atoms with E-state index in [9.17, 15) is 28.8 Å². The Morgan fingerprint density at radius 2 is 0.755 bits per heavy atom. The van der Waals surface area contributed by atoms with E-state index in [1.807, 2.05) is 6.07 Å². The molecule has 0 radical (unpaired) electrons. The molecule has 0 saturated carbocycles. The Balaban J connectivity index is 0. The molecule has 3 unspecified atom stereocenters. The molecule has 0 aromatic heterocycles. The van der Waals surface area contributed by atoms with Crippen LogP contribution in [-0.4, -0.2) is 165 Å². The van der Waals surface area contributed by atoms with Gasteiger partial charge < -0.3 is 88.9 Å². The molecular weight excluding hydrogens is 861 g/mol. The van der Waals surface area contributed by atoms with Gasteiger partial charge in [0.25, 0.3) is 0 Å². The molecule has 0 heterocycles. The fraction of sp³-hybridized carbons (Fsp3) is 0.667. The Bertz CT molecular complexity index is 1170. The molecule has 314 valence electrons. The topological polar surface area (TPSA) is 251 Å². The van der Waals surface area contributed by atoms with Crippen LogP contribution in [0.25, 0.3) is 0 Å². The van der Waals surface area contributed by atoms with E-state index >= 15 is 0 Å². The minimum Gasteiger partial charge on any atom is -0.412 e. The van der Waals surface area contributed by atoms with E-state index in [0.717, 1.165) is 0 Å². The summed E-state index contributed by atoms with van der Waals surface area (Å²) in [6.07, 6.45) is 0. The molecule has 0 aliphatic carbocycles. The molecule has 0 fully saturated rings. The third-order valence-corrected chi connectivity index (χ3v) is 31.5. The highest BCUT2D eigenvalue weighted by molar-refractivity contribution is 6.86. The van der Waals surface area contributed by atoms with Crippen LogP contribution in [0.3, 0.4) is 0 Å². The third-order valence-electron chi connectivity index (χ3n) is 6.12. The predicted molar refractivity (Wildman–Crippen MR) is 211 cm³/mol. The first-order valence-electron chi connectivity index (χ1n) is 15.5. The van der Waals surface area contributed by atoms with Crippen molar-refractivity contribution < 1.29 is 88.9 Å². The molecule has 53 heavy (non-hydrogen) atoms. The van der Waals surface area contributed by atoms with Crippen LogP contribution in [0.1, 0.15) is 0 Å². The van der Waals surface area contributed by atoms with Crippen molar-refractivity contribution in [3.63, 3.8) is 0 Å². The molecule has 20 nitrogen and oxygen atoms in total. The maximum Gasteiger partial charge on any atom is 0.667 e. The minimum absolute atomic E-state index is 0.553. The van der Waals surface area contributed by atoms with Crippen molar-refractivity contribution in [2.75, 3.05) is 56.9 Å². The lowest BCUT2D eigenvalue weighted by molar-refractivity contribution is 0.0558. The maximum absolute atomic E-state index is 10.7. The average Bonchev–Trinajstić information content (AvgIpc) is 3.07. The van der Waals surface area contributed by atoms with E-state index in [4.69, 9.17) is 60.1 Å². The van der Waals surface area contributed by atoms with Gasteiger partial charge in [0, 0.05) is 68.6 Å². The molecule has 0 saturated heterocycles. The Hall–Kier alpha value is 0.112. The fourth-order valence-corrected chi connectivity index (χ4v) is 27.9. The van der Waals surface area contributed by atoms with Crippen molar-refractivity contribution in [1.82, 2.24) is 0 Å². The average molecular weight is 924 g/mol. The van der Waals surface area contributed by atoms with Crippen molar-refractivity contribution in [2.45, 2.75) is 52.4 Å². The van der Waals surface area contributed by atoms with Gasteiger partial charge in [-0.2, -0.15) is 0 Å². The number of benzene rings is 1. The third kappa shape index (κ3) is 22.0. The minimum atomic E-state index is -3.75. The zero-order chi connectivity index (χ0) is 42.2. The summed E-state index contributed by atoms with van der Waals surface area (Å²) in [5.41, 5.74) is 1.38. The molecule has 3 atom stereocenters. The van der Waals surface area contributed by atoms with Gasteiger partial charge in [0.2, 0.25) is 0 Å². The van der Waals surface area contributed by atoms with Crippen molar-refractivity contribution in [3.05, 3.63) is 42.6 Å². The summed E-state index contributed by atoms with van der Waals surface area (Å²) in [4.78, 5) is 59.7. The van der Waals surface area contributed by atoms with Crippen LogP contribution >= 0.6 is 0 Å². The SMILES string of the molecule is C=C[Si](C)(O)O[Si](C)(C)O[Si](O)(OC)OC.CO[Si](C)(O)O[Si](C)(C)O[Si](O)(OC)OC.CO[Si](O)(OC)O[Si](C)(C)O[Si](O)(OC)c1ccccc1. The summed E-state index contributed by atoms with van der Waals surface area (Å²) in [5.74, 6) is 0. The summed E-state index contributed by atoms with van der Waals surface area (Å²) in [6, 6.07) is 8.82. The largest absolute Gasteiger partial charge is 0.667 e. The van der Waals surface area contributed by atoms with Gasteiger partial charge >= 0.3 is 79.0 Å². The molecule has 0 bridgehead atoms. The van der Waals surface area contributed by atoms with Crippen molar-refractivity contribution in [3.8, 4) is 0 Å². The van der Waals surface area contributed by atoms with Crippen LogP contribution in [0, 0.1) is 0 Å².